The molecule has 0 atom stereocenters. The van der Waals surface area contributed by atoms with Gasteiger partial charge >= 0.3 is 0 Å². The van der Waals surface area contributed by atoms with Crippen molar-refractivity contribution in [2.24, 2.45) is 0 Å². The molecular weight excluding hydrogens is 292 g/mol. The number of rotatable bonds is 4. The molecule has 7 heteroatoms. The zero-order valence-corrected chi connectivity index (χ0v) is 12.6. The lowest BCUT2D eigenvalue weighted by Gasteiger charge is -2.31. The molecule has 1 heterocycles. The van der Waals surface area contributed by atoms with E-state index in [1.54, 1.807) is 6.92 Å². The molecular formula is C14H18N2O4S. The number of hydrogen-bond acceptors (Lipinski definition) is 5. The minimum atomic E-state index is -3.71. The molecule has 0 aromatic heterocycles. The van der Waals surface area contributed by atoms with E-state index in [0.717, 1.165) is 0 Å². The van der Waals surface area contributed by atoms with Gasteiger partial charge in [-0.25, -0.2) is 13.1 Å². The lowest BCUT2D eigenvalue weighted by molar-refractivity contribution is -0.0588. The number of sulfonamides is 1. The van der Waals surface area contributed by atoms with Crippen LogP contribution in [0.2, 0.25) is 0 Å². The Morgan fingerprint density at radius 1 is 1.43 bits per heavy atom. The Morgan fingerprint density at radius 2 is 2.10 bits per heavy atom. The SMILES string of the molecule is Cc1cc(S(=O)(=O)NCC2(O)CCOCC2)ccc1C#N. The lowest BCUT2D eigenvalue weighted by Crippen LogP contribution is -2.46. The number of hydrogen-bond donors (Lipinski definition) is 2. The first-order chi connectivity index (χ1) is 9.86. The molecule has 2 N–H and O–H groups in total. The summed E-state index contributed by atoms with van der Waals surface area (Å²) in [5, 5.41) is 19.1. The zero-order chi connectivity index (χ0) is 15.5. The number of nitriles is 1. The maximum absolute atomic E-state index is 12.2. The predicted molar refractivity (Wildman–Crippen MR) is 76.1 cm³/mol. The van der Waals surface area contributed by atoms with Crippen LogP contribution in [0.15, 0.2) is 23.1 Å². The summed E-state index contributed by atoms with van der Waals surface area (Å²) >= 11 is 0. The molecule has 21 heavy (non-hydrogen) atoms. The number of aliphatic hydroxyl groups is 1. The molecule has 2 rings (SSSR count). The Morgan fingerprint density at radius 3 is 2.67 bits per heavy atom. The van der Waals surface area contributed by atoms with Gasteiger partial charge in [-0.2, -0.15) is 5.26 Å². The second-order valence-electron chi connectivity index (χ2n) is 5.25. The molecule has 1 aliphatic heterocycles. The lowest BCUT2D eigenvalue weighted by atomic mass is 9.95. The molecule has 0 saturated carbocycles. The van der Waals surface area contributed by atoms with Gasteiger partial charge in [0, 0.05) is 32.6 Å². The van der Waals surface area contributed by atoms with Crippen molar-refractivity contribution in [3.8, 4) is 6.07 Å². The molecule has 1 fully saturated rings. The Kier molecular flexibility index (Phi) is 4.64. The molecule has 1 aromatic carbocycles. The first kappa shape index (κ1) is 15.9. The number of benzene rings is 1. The minimum Gasteiger partial charge on any atom is -0.388 e. The van der Waals surface area contributed by atoms with Crippen molar-refractivity contribution in [2.45, 2.75) is 30.3 Å². The van der Waals surface area contributed by atoms with Crippen molar-refractivity contribution in [3.05, 3.63) is 29.3 Å². The largest absolute Gasteiger partial charge is 0.388 e. The predicted octanol–water partition coefficient (Wildman–Crippen LogP) is 0.686. The highest BCUT2D eigenvalue weighted by atomic mass is 32.2. The maximum Gasteiger partial charge on any atom is 0.240 e. The first-order valence-electron chi connectivity index (χ1n) is 6.67. The van der Waals surface area contributed by atoms with Gasteiger partial charge in [0.2, 0.25) is 10.0 Å². The molecule has 0 spiro atoms. The Bertz CT molecular complexity index is 658. The van der Waals surface area contributed by atoms with Crippen LogP contribution < -0.4 is 4.72 Å². The number of aryl methyl sites for hydroxylation is 1. The molecule has 1 saturated heterocycles. The van der Waals surface area contributed by atoms with Crippen LogP contribution in [-0.2, 0) is 14.8 Å². The van der Waals surface area contributed by atoms with Gasteiger partial charge in [0.15, 0.2) is 0 Å². The Hall–Kier alpha value is -1.46. The van der Waals surface area contributed by atoms with Crippen molar-refractivity contribution in [2.75, 3.05) is 19.8 Å². The van der Waals surface area contributed by atoms with Crippen LogP contribution in [0.4, 0.5) is 0 Å². The topological polar surface area (TPSA) is 99.4 Å². The van der Waals surface area contributed by atoms with E-state index in [-0.39, 0.29) is 11.4 Å². The van der Waals surface area contributed by atoms with Crippen LogP contribution in [-0.4, -0.2) is 38.9 Å². The standard InChI is InChI=1S/C14H18N2O4S/c1-11-8-13(3-2-12(11)9-15)21(18,19)16-10-14(17)4-6-20-7-5-14/h2-3,8,16-17H,4-7,10H2,1H3. The third-order valence-electron chi connectivity index (χ3n) is 3.64. The fraction of sp³-hybridized carbons (Fsp3) is 0.500. The van der Waals surface area contributed by atoms with Crippen molar-refractivity contribution >= 4 is 10.0 Å². The molecule has 1 aromatic rings. The van der Waals surface area contributed by atoms with Gasteiger partial charge in [0.25, 0.3) is 0 Å². The highest BCUT2D eigenvalue weighted by Crippen LogP contribution is 2.21. The van der Waals surface area contributed by atoms with E-state index in [1.165, 1.54) is 18.2 Å². The summed E-state index contributed by atoms with van der Waals surface area (Å²) in [6, 6.07) is 6.32. The molecule has 0 amide bonds. The molecule has 0 bridgehead atoms. The van der Waals surface area contributed by atoms with E-state index in [0.29, 0.717) is 37.2 Å². The molecule has 1 aliphatic rings. The summed E-state index contributed by atoms with van der Waals surface area (Å²) in [4.78, 5) is 0.0923. The second-order valence-corrected chi connectivity index (χ2v) is 7.02. The Labute approximate surface area is 124 Å². The summed E-state index contributed by atoms with van der Waals surface area (Å²) in [6.45, 7) is 2.49. The monoisotopic (exact) mass is 310 g/mol. The summed E-state index contributed by atoms with van der Waals surface area (Å²) in [5.41, 5.74) is -0.0189. The fourth-order valence-electron chi connectivity index (χ4n) is 2.17. The average molecular weight is 310 g/mol. The minimum absolute atomic E-state index is 0.0439. The third-order valence-corrected chi connectivity index (χ3v) is 5.04. The van der Waals surface area contributed by atoms with E-state index in [1.807, 2.05) is 6.07 Å². The summed E-state index contributed by atoms with van der Waals surface area (Å²) in [7, 11) is -3.71. The Balaban J connectivity index is 2.11. The second kappa shape index (κ2) is 6.12. The van der Waals surface area contributed by atoms with Gasteiger partial charge in [-0.05, 0) is 30.7 Å². The van der Waals surface area contributed by atoms with Gasteiger partial charge in [-0.15, -0.1) is 0 Å². The van der Waals surface area contributed by atoms with Gasteiger partial charge in [0.05, 0.1) is 22.1 Å². The first-order valence-corrected chi connectivity index (χ1v) is 8.15. The highest BCUT2D eigenvalue weighted by Gasteiger charge is 2.31. The third kappa shape index (κ3) is 3.80. The number of ether oxygens (including phenoxy) is 1. The summed E-state index contributed by atoms with van der Waals surface area (Å²) < 4.78 is 32.1. The van der Waals surface area contributed by atoms with Crippen molar-refractivity contribution < 1.29 is 18.3 Å². The maximum atomic E-state index is 12.2. The van der Waals surface area contributed by atoms with Crippen LogP contribution in [0.25, 0.3) is 0 Å². The smallest absolute Gasteiger partial charge is 0.240 e. The molecule has 114 valence electrons. The van der Waals surface area contributed by atoms with Crippen LogP contribution in [0.5, 0.6) is 0 Å². The average Bonchev–Trinajstić information content (AvgIpc) is 2.46. The number of nitrogens with zero attached hydrogens (tertiary/aromatic N) is 1. The van der Waals surface area contributed by atoms with Crippen LogP contribution in [0.1, 0.15) is 24.0 Å². The normalized spacial score (nSPS) is 18.1. The summed E-state index contributed by atoms with van der Waals surface area (Å²) in [5.74, 6) is 0. The molecule has 0 radical (unpaired) electrons. The quantitative estimate of drug-likeness (QED) is 0.852. The van der Waals surface area contributed by atoms with E-state index in [9.17, 15) is 13.5 Å². The van der Waals surface area contributed by atoms with Crippen molar-refractivity contribution in [1.82, 2.24) is 4.72 Å². The van der Waals surface area contributed by atoms with E-state index < -0.39 is 15.6 Å². The molecule has 6 nitrogen and oxygen atoms in total. The van der Waals surface area contributed by atoms with Crippen LogP contribution in [0, 0.1) is 18.3 Å². The van der Waals surface area contributed by atoms with E-state index in [2.05, 4.69) is 4.72 Å². The van der Waals surface area contributed by atoms with Gasteiger partial charge < -0.3 is 9.84 Å². The van der Waals surface area contributed by atoms with E-state index in [4.69, 9.17) is 10.00 Å². The summed E-state index contributed by atoms with van der Waals surface area (Å²) in [6.07, 6.45) is 0.809. The molecule has 0 aliphatic carbocycles. The van der Waals surface area contributed by atoms with Crippen LogP contribution in [0.3, 0.4) is 0 Å². The van der Waals surface area contributed by atoms with Crippen LogP contribution >= 0.6 is 0 Å². The van der Waals surface area contributed by atoms with Gasteiger partial charge in [-0.1, -0.05) is 0 Å². The fourth-order valence-corrected chi connectivity index (χ4v) is 3.37. The molecule has 0 unspecified atom stereocenters. The highest BCUT2D eigenvalue weighted by molar-refractivity contribution is 7.89. The van der Waals surface area contributed by atoms with Crippen molar-refractivity contribution in [3.63, 3.8) is 0 Å². The van der Waals surface area contributed by atoms with Gasteiger partial charge in [0.1, 0.15) is 0 Å². The zero-order valence-electron chi connectivity index (χ0n) is 11.8. The number of nitrogens with one attached hydrogen (secondary N) is 1. The van der Waals surface area contributed by atoms with Gasteiger partial charge in [-0.3, -0.25) is 0 Å². The van der Waals surface area contributed by atoms with Crippen molar-refractivity contribution in [1.29, 1.82) is 5.26 Å². The van der Waals surface area contributed by atoms with E-state index >= 15 is 0 Å².